The van der Waals surface area contributed by atoms with Crippen molar-refractivity contribution >= 4 is 17.1 Å². The van der Waals surface area contributed by atoms with Crippen LogP contribution in [0, 0.1) is 6.26 Å². The summed E-state index contributed by atoms with van der Waals surface area (Å²) in [4.78, 5) is 10.5. The molecule has 53 valence electrons. The summed E-state index contributed by atoms with van der Waals surface area (Å²) in [6.45, 7) is 5.46. The van der Waals surface area contributed by atoms with Crippen LogP contribution in [0.1, 0.15) is 20.8 Å². The number of carbonyl (C=O) groups is 1. The first-order chi connectivity index (χ1) is 3.95. The summed E-state index contributed by atoms with van der Waals surface area (Å²) in [6, 6.07) is 0. The molecule has 0 amide bonds. The quantitative estimate of drug-likeness (QED) is 0.492. The van der Waals surface area contributed by atoms with Gasteiger partial charge in [-0.05, 0) is 32.5 Å². The van der Waals surface area contributed by atoms with Crippen molar-refractivity contribution < 1.29 is 9.53 Å². The topological polar surface area (TPSA) is 26.3 Å². The number of rotatable bonds is 0. The fourth-order valence-electron chi connectivity index (χ4n) is 0.279. The lowest BCUT2D eigenvalue weighted by Crippen LogP contribution is -2.20. The minimum Gasteiger partial charge on any atom is -0.452 e. The molecule has 0 unspecified atom stereocenters. The van der Waals surface area contributed by atoms with Crippen LogP contribution < -0.4 is 0 Å². The van der Waals surface area contributed by atoms with Gasteiger partial charge in [0.05, 0.1) is 0 Å². The number of hydrogen-bond acceptors (Lipinski definition) is 3. The smallest absolute Gasteiger partial charge is 0.367 e. The molecule has 0 atom stereocenters. The number of ether oxygens (including phenoxy) is 1. The molecule has 0 rings (SSSR count). The first-order valence-corrected chi connectivity index (χ1v) is 3.59. The highest BCUT2D eigenvalue weighted by atomic mass is 32.2. The summed E-state index contributed by atoms with van der Waals surface area (Å²) in [5, 5.41) is -0.331. The number of hydrogen-bond donors (Lipinski definition) is 0. The third-order valence-electron chi connectivity index (χ3n) is 0.507. The Bertz CT molecular complexity index is 104. The van der Waals surface area contributed by atoms with Gasteiger partial charge in [-0.2, -0.15) is 0 Å². The molecular weight excluding hydrogens is 136 g/mol. The van der Waals surface area contributed by atoms with Gasteiger partial charge in [-0.15, -0.1) is 0 Å². The summed E-state index contributed by atoms with van der Waals surface area (Å²) in [5.41, 5.74) is -0.387. The predicted octanol–water partition coefficient (Wildman–Crippen LogP) is 2.45. The van der Waals surface area contributed by atoms with Crippen LogP contribution in [0.15, 0.2) is 0 Å². The highest BCUT2D eigenvalue weighted by Crippen LogP contribution is 2.12. The van der Waals surface area contributed by atoms with Crippen LogP contribution in [0.5, 0.6) is 0 Å². The lowest BCUT2D eigenvalue weighted by molar-refractivity contribution is 0.0739. The van der Waals surface area contributed by atoms with E-state index in [1.807, 2.05) is 20.8 Å². The molecule has 0 fully saturated rings. The Balaban J connectivity index is 3.60. The van der Waals surface area contributed by atoms with Gasteiger partial charge in [0.2, 0.25) is 0 Å². The summed E-state index contributed by atoms with van der Waals surface area (Å²) in [7, 11) is 0. The van der Waals surface area contributed by atoms with E-state index < -0.39 is 0 Å². The monoisotopic (exact) mass is 147 g/mol. The highest BCUT2D eigenvalue weighted by Gasteiger charge is 2.14. The van der Waals surface area contributed by atoms with Crippen LogP contribution in [0.3, 0.4) is 0 Å². The molecule has 0 heterocycles. The average Bonchev–Trinajstić information content (AvgIpc) is 1.62. The number of thioether (sulfide) groups is 1. The van der Waals surface area contributed by atoms with Crippen molar-refractivity contribution in [1.29, 1.82) is 0 Å². The minimum atomic E-state index is -0.387. The Labute approximate surface area is 60.0 Å². The van der Waals surface area contributed by atoms with Crippen molar-refractivity contribution in [3.8, 4) is 0 Å². The highest BCUT2D eigenvalue weighted by molar-refractivity contribution is 8.14. The normalized spacial score (nSPS) is 11.1. The van der Waals surface area contributed by atoms with Crippen LogP contribution >= 0.6 is 11.8 Å². The molecule has 0 aliphatic rings. The van der Waals surface area contributed by atoms with E-state index >= 15 is 0 Å². The first kappa shape index (κ1) is 8.82. The van der Waals surface area contributed by atoms with E-state index in [4.69, 9.17) is 4.74 Å². The van der Waals surface area contributed by atoms with Crippen molar-refractivity contribution in [2.24, 2.45) is 0 Å². The second-order valence-corrected chi connectivity index (χ2v) is 3.23. The molecule has 0 aromatic carbocycles. The van der Waals surface area contributed by atoms with E-state index in [-0.39, 0.29) is 10.9 Å². The van der Waals surface area contributed by atoms with Gasteiger partial charge in [0, 0.05) is 6.26 Å². The molecule has 0 aliphatic heterocycles. The molecule has 3 heteroatoms. The van der Waals surface area contributed by atoms with E-state index in [2.05, 4.69) is 6.26 Å². The maximum absolute atomic E-state index is 10.5. The van der Waals surface area contributed by atoms with E-state index in [0.29, 0.717) is 0 Å². The molecule has 0 N–H and O–H groups in total. The van der Waals surface area contributed by atoms with Crippen molar-refractivity contribution in [2.45, 2.75) is 26.4 Å². The Kier molecular flexibility index (Phi) is 3.04. The molecule has 0 bridgehead atoms. The van der Waals surface area contributed by atoms with Gasteiger partial charge in [-0.3, -0.25) is 0 Å². The molecule has 0 saturated heterocycles. The van der Waals surface area contributed by atoms with Crippen LogP contribution in [0.2, 0.25) is 0 Å². The van der Waals surface area contributed by atoms with Crippen LogP contribution in [-0.4, -0.2) is 10.9 Å². The fourth-order valence-corrected chi connectivity index (χ4v) is 0.588. The summed E-state index contributed by atoms with van der Waals surface area (Å²) >= 11 is 0.841. The van der Waals surface area contributed by atoms with Gasteiger partial charge >= 0.3 is 5.30 Å². The fraction of sp³-hybridized carbons (Fsp3) is 0.667. The van der Waals surface area contributed by atoms with Gasteiger partial charge < -0.3 is 4.74 Å². The largest absolute Gasteiger partial charge is 0.452 e. The van der Waals surface area contributed by atoms with Gasteiger partial charge in [0.25, 0.3) is 0 Å². The lowest BCUT2D eigenvalue weighted by Gasteiger charge is -2.17. The molecule has 0 aromatic rings. The first-order valence-electron chi connectivity index (χ1n) is 2.61. The van der Waals surface area contributed by atoms with E-state index in [1.54, 1.807) is 0 Å². The van der Waals surface area contributed by atoms with Gasteiger partial charge in [-0.25, -0.2) is 4.79 Å². The SMILES string of the molecule is [CH2]SC(=O)OC(C)(C)C. The molecule has 0 aromatic heterocycles. The molecule has 1 radical (unpaired) electrons. The van der Waals surface area contributed by atoms with Gasteiger partial charge in [0.1, 0.15) is 5.60 Å². The van der Waals surface area contributed by atoms with Crippen molar-refractivity contribution in [2.75, 3.05) is 0 Å². The Morgan fingerprint density at radius 2 is 2.00 bits per heavy atom. The number of carbonyl (C=O) groups excluding carboxylic acids is 1. The van der Waals surface area contributed by atoms with Gasteiger partial charge in [-0.1, -0.05) is 0 Å². The zero-order valence-corrected chi connectivity index (χ0v) is 6.75. The summed E-state index contributed by atoms with van der Waals surface area (Å²) < 4.78 is 4.85. The molecule has 0 aliphatic carbocycles. The lowest BCUT2D eigenvalue weighted by atomic mass is 10.2. The Hall–Kier alpha value is -0.180. The van der Waals surface area contributed by atoms with Crippen molar-refractivity contribution in [3.63, 3.8) is 0 Å². The van der Waals surface area contributed by atoms with Crippen LogP contribution in [-0.2, 0) is 4.74 Å². The van der Waals surface area contributed by atoms with E-state index in [0.717, 1.165) is 11.8 Å². The van der Waals surface area contributed by atoms with E-state index in [9.17, 15) is 4.79 Å². The summed E-state index contributed by atoms with van der Waals surface area (Å²) in [6.07, 6.45) is 3.31. The summed E-state index contributed by atoms with van der Waals surface area (Å²) in [5.74, 6) is 0. The maximum Gasteiger partial charge on any atom is 0.367 e. The third kappa shape index (κ3) is 5.69. The third-order valence-corrected chi connectivity index (χ3v) is 0.826. The molecular formula is C6H11O2S. The minimum absolute atomic E-state index is 0.331. The zero-order valence-electron chi connectivity index (χ0n) is 5.93. The van der Waals surface area contributed by atoms with Crippen molar-refractivity contribution in [1.82, 2.24) is 0 Å². The average molecular weight is 147 g/mol. The Morgan fingerprint density at radius 1 is 1.56 bits per heavy atom. The molecule has 2 nitrogen and oxygen atoms in total. The zero-order chi connectivity index (χ0) is 7.49. The maximum atomic E-state index is 10.5. The Morgan fingerprint density at radius 3 is 2.11 bits per heavy atom. The van der Waals surface area contributed by atoms with Crippen LogP contribution in [0.4, 0.5) is 4.79 Å². The molecule has 0 saturated carbocycles. The van der Waals surface area contributed by atoms with E-state index in [1.165, 1.54) is 0 Å². The predicted molar refractivity (Wildman–Crippen MR) is 39.2 cm³/mol. The standard InChI is InChI=1S/C6H11O2S/c1-6(2,3)8-5(7)9-4/h4H2,1-3H3. The molecule has 0 spiro atoms. The molecule has 9 heavy (non-hydrogen) atoms. The van der Waals surface area contributed by atoms with Crippen LogP contribution in [0.25, 0.3) is 0 Å². The van der Waals surface area contributed by atoms with Gasteiger partial charge in [0.15, 0.2) is 0 Å². The van der Waals surface area contributed by atoms with Crippen molar-refractivity contribution in [3.05, 3.63) is 6.26 Å². The second kappa shape index (κ2) is 3.11. The second-order valence-electron chi connectivity index (χ2n) is 2.61.